The fraction of sp³-hybridized carbons (Fsp3) is 0.294. The first kappa shape index (κ1) is 17.0. The molecule has 0 saturated carbocycles. The molecule has 0 amide bonds. The molecule has 5 heteroatoms. The molecule has 0 radical (unpaired) electrons. The Bertz CT molecular complexity index is 783. The Morgan fingerprint density at radius 1 is 0.955 bits per heavy atom. The van der Waals surface area contributed by atoms with Crippen LogP contribution in [0.1, 0.15) is 35.2 Å². The Kier molecular flexibility index (Phi) is 4.95. The van der Waals surface area contributed by atoms with Crippen LogP contribution < -0.4 is 4.72 Å². The minimum atomic E-state index is -3.57. The largest absolute Gasteiger partial charge is 0.241 e. The highest BCUT2D eigenvalue weighted by Gasteiger charge is 2.19. The minimum absolute atomic E-state index is 0.213. The molecule has 0 fully saturated rings. The van der Waals surface area contributed by atoms with Crippen molar-refractivity contribution in [1.29, 1.82) is 0 Å². The van der Waals surface area contributed by atoms with E-state index in [1.807, 2.05) is 26.8 Å². The summed E-state index contributed by atoms with van der Waals surface area (Å²) in [7, 11) is -3.57. The van der Waals surface area contributed by atoms with Crippen LogP contribution in [0, 0.1) is 20.8 Å². The van der Waals surface area contributed by atoms with Gasteiger partial charge in [-0.05, 0) is 74.2 Å². The summed E-state index contributed by atoms with van der Waals surface area (Å²) in [6.07, 6.45) is 0. The zero-order valence-corrected chi connectivity index (χ0v) is 14.7. The lowest BCUT2D eigenvalue weighted by molar-refractivity contribution is 0.566. The van der Waals surface area contributed by atoms with E-state index < -0.39 is 10.0 Å². The lowest BCUT2D eigenvalue weighted by Gasteiger charge is -2.18. The van der Waals surface area contributed by atoms with Crippen LogP contribution in [-0.2, 0) is 10.0 Å². The molecule has 0 aliphatic rings. The van der Waals surface area contributed by atoms with E-state index >= 15 is 0 Å². The normalized spacial score (nSPS) is 13.1. The number of rotatable bonds is 4. The van der Waals surface area contributed by atoms with Crippen molar-refractivity contribution in [2.45, 2.75) is 38.6 Å². The number of benzene rings is 2. The van der Waals surface area contributed by atoms with Gasteiger partial charge in [-0.25, -0.2) is 13.1 Å². The summed E-state index contributed by atoms with van der Waals surface area (Å²) in [5.41, 5.74) is 4.42. The monoisotopic (exact) mass is 337 g/mol. The van der Waals surface area contributed by atoms with Gasteiger partial charge in [-0.3, -0.25) is 0 Å². The second-order valence-electron chi connectivity index (χ2n) is 5.59. The molecule has 0 spiro atoms. The standard InChI is InChI=1S/C17H20ClNO2S/c1-11-9-13(3)17(10-12(11)2)14(4)19-22(20,21)16-7-5-15(18)6-8-16/h5-10,14,19H,1-4H3/t14-/m0/s1. The molecular weight excluding hydrogens is 318 g/mol. The van der Waals surface area contributed by atoms with E-state index in [0.717, 1.165) is 16.7 Å². The zero-order valence-electron chi connectivity index (χ0n) is 13.1. The average Bonchev–Trinajstić information content (AvgIpc) is 2.42. The molecule has 118 valence electrons. The van der Waals surface area contributed by atoms with E-state index in [9.17, 15) is 8.42 Å². The highest BCUT2D eigenvalue weighted by atomic mass is 35.5. The van der Waals surface area contributed by atoms with Gasteiger partial charge in [0.05, 0.1) is 4.90 Å². The maximum absolute atomic E-state index is 12.4. The van der Waals surface area contributed by atoms with Gasteiger partial charge in [0.25, 0.3) is 0 Å². The first-order valence-corrected chi connectivity index (χ1v) is 8.92. The van der Waals surface area contributed by atoms with E-state index in [1.165, 1.54) is 17.7 Å². The van der Waals surface area contributed by atoms with Gasteiger partial charge in [-0.1, -0.05) is 23.7 Å². The van der Waals surface area contributed by atoms with E-state index in [2.05, 4.69) is 17.7 Å². The van der Waals surface area contributed by atoms with Crippen LogP contribution >= 0.6 is 11.6 Å². The van der Waals surface area contributed by atoms with Crippen molar-refractivity contribution in [2.24, 2.45) is 0 Å². The molecule has 0 aliphatic heterocycles. The van der Waals surface area contributed by atoms with Gasteiger partial charge in [0.15, 0.2) is 0 Å². The molecule has 0 aliphatic carbocycles. The molecule has 2 aromatic rings. The molecular formula is C17H20ClNO2S. The van der Waals surface area contributed by atoms with Crippen LogP contribution in [0.5, 0.6) is 0 Å². The number of aryl methyl sites for hydroxylation is 3. The molecule has 2 aromatic carbocycles. The summed E-state index contributed by atoms with van der Waals surface area (Å²) < 4.78 is 27.6. The Balaban J connectivity index is 2.30. The third-order valence-corrected chi connectivity index (χ3v) is 5.61. The van der Waals surface area contributed by atoms with Crippen molar-refractivity contribution in [2.75, 3.05) is 0 Å². The van der Waals surface area contributed by atoms with E-state index in [1.54, 1.807) is 12.1 Å². The lowest BCUT2D eigenvalue weighted by Crippen LogP contribution is -2.27. The summed E-state index contributed by atoms with van der Waals surface area (Å²) in [5.74, 6) is 0. The maximum atomic E-state index is 12.4. The first-order valence-electron chi connectivity index (χ1n) is 7.06. The molecule has 0 aromatic heterocycles. The minimum Gasteiger partial charge on any atom is -0.207 e. The molecule has 0 bridgehead atoms. The van der Waals surface area contributed by atoms with Gasteiger partial charge in [0, 0.05) is 11.1 Å². The summed E-state index contributed by atoms with van der Waals surface area (Å²) in [6, 6.07) is 9.97. The molecule has 1 atom stereocenters. The SMILES string of the molecule is Cc1cc(C)c([C@H](C)NS(=O)(=O)c2ccc(Cl)cc2)cc1C. The van der Waals surface area contributed by atoms with Crippen LogP contribution in [0.25, 0.3) is 0 Å². The molecule has 3 nitrogen and oxygen atoms in total. The highest BCUT2D eigenvalue weighted by Crippen LogP contribution is 2.23. The molecule has 2 rings (SSSR count). The van der Waals surface area contributed by atoms with Gasteiger partial charge >= 0.3 is 0 Å². The van der Waals surface area contributed by atoms with Gasteiger partial charge in [-0.2, -0.15) is 0 Å². The lowest BCUT2D eigenvalue weighted by atomic mass is 9.97. The second-order valence-corrected chi connectivity index (χ2v) is 7.74. The second kappa shape index (κ2) is 6.41. The summed E-state index contributed by atoms with van der Waals surface area (Å²) in [6.45, 7) is 7.92. The van der Waals surface area contributed by atoms with Gasteiger partial charge in [0.1, 0.15) is 0 Å². The predicted octanol–water partition coefficient (Wildman–Crippen LogP) is 4.30. The Hall–Kier alpha value is -1.36. The van der Waals surface area contributed by atoms with Crippen molar-refractivity contribution >= 4 is 21.6 Å². The zero-order chi connectivity index (χ0) is 16.5. The summed E-state index contributed by atoms with van der Waals surface area (Å²) in [5, 5.41) is 0.511. The fourth-order valence-electron chi connectivity index (χ4n) is 2.43. The van der Waals surface area contributed by atoms with E-state index in [4.69, 9.17) is 11.6 Å². The number of sulfonamides is 1. The Labute approximate surface area is 137 Å². The van der Waals surface area contributed by atoms with Crippen LogP contribution in [0.15, 0.2) is 41.3 Å². The van der Waals surface area contributed by atoms with E-state index in [-0.39, 0.29) is 10.9 Å². The number of halogens is 1. The predicted molar refractivity (Wildman–Crippen MR) is 90.8 cm³/mol. The van der Waals surface area contributed by atoms with Crippen LogP contribution in [0.3, 0.4) is 0 Å². The number of nitrogens with one attached hydrogen (secondary N) is 1. The third-order valence-electron chi connectivity index (χ3n) is 3.80. The molecule has 1 N–H and O–H groups in total. The highest BCUT2D eigenvalue weighted by molar-refractivity contribution is 7.89. The van der Waals surface area contributed by atoms with Crippen LogP contribution in [-0.4, -0.2) is 8.42 Å². The van der Waals surface area contributed by atoms with E-state index in [0.29, 0.717) is 5.02 Å². The smallest absolute Gasteiger partial charge is 0.207 e. The molecule has 0 saturated heterocycles. The molecule has 0 heterocycles. The van der Waals surface area contributed by atoms with Crippen molar-refractivity contribution in [3.8, 4) is 0 Å². The summed E-state index contributed by atoms with van der Waals surface area (Å²) in [4.78, 5) is 0.213. The van der Waals surface area contributed by atoms with Crippen LogP contribution in [0.2, 0.25) is 5.02 Å². The Morgan fingerprint density at radius 3 is 2.09 bits per heavy atom. The first-order chi connectivity index (χ1) is 10.2. The molecule has 22 heavy (non-hydrogen) atoms. The maximum Gasteiger partial charge on any atom is 0.241 e. The number of hydrogen-bond acceptors (Lipinski definition) is 2. The fourth-order valence-corrected chi connectivity index (χ4v) is 3.78. The topological polar surface area (TPSA) is 46.2 Å². The Morgan fingerprint density at radius 2 is 1.50 bits per heavy atom. The van der Waals surface area contributed by atoms with Crippen molar-refractivity contribution in [3.05, 3.63) is 63.7 Å². The van der Waals surface area contributed by atoms with Crippen LogP contribution in [0.4, 0.5) is 0 Å². The average molecular weight is 338 g/mol. The van der Waals surface area contributed by atoms with Crippen molar-refractivity contribution in [1.82, 2.24) is 4.72 Å². The number of hydrogen-bond donors (Lipinski definition) is 1. The quantitative estimate of drug-likeness (QED) is 0.903. The van der Waals surface area contributed by atoms with Crippen molar-refractivity contribution in [3.63, 3.8) is 0 Å². The van der Waals surface area contributed by atoms with Gasteiger partial charge in [0.2, 0.25) is 10.0 Å². The van der Waals surface area contributed by atoms with Crippen molar-refractivity contribution < 1.29 is 8.42 Å². The summed E-state index contributed by atoms with van der Waals surface area (Å²) >= 11 is 5.80. The third kappa shape index (κ3) is 3.69. The van der Waals surface area contributed by atoms with Gasteiger partial charge < -0.3 is 0 Å². The van der Waals surface area contributed by atoms with Gasteiger partial charge in [-0.15, -0.1) is 0 Å². The molecule has 0 unspecified atom stereocenters.